The second kappa shape index (κ2) is 6.76. The van der Waals surface area contributed by atoms with Crippen LogP contribution in [0.25, 0.3) is 0 Å². The second-order valence-corrected chi connectivity index (χ2v) is 8.23. The zero-order valence-corrected chi connectivity index (χ0v) is 15.3. The number of benzene rings is 1. The van der Waals surface area contributed by atoms with Crippen molar-refractivity contribution in [2.75, 3.05) is 18.0 Å². The molecule has 0 radical (unpaired) electrons. The monoisotopic (exact) mass is 370 g/mol. The summed E-state index contributed by atoms with van der Waals surface area (Å²) in [6, 6.07) is 4.34. The fourth-order valence-corrected chi connectivity index (χ4v) is 3.60. The molecule has 0 bridgehead atoms. The molecule has 1 unspecified atom stereocenters. The van der Waals surface area contributed by atoms with Crippen LogP contribution in [-0.4, -0.2) is 36.7 Å². The van der Waals surface area contributed by atoms with E-state index in [-0.39, 0.29) is 30.6 Å². The van der Waals surface area contributed by atoms with Gasteiger partial charge in [-0.05, 0) is 51.8 Å². The minimum atomic E-state index is -2.54. The van der Waals surface area contributed by atoms with Crippen LogP contribution < -0.4 is 10.2 Å². The van der Waals surface area contributed by atoms with Crippen LogP contribution in [0.4, 0.5) is 23.7 Å². The fraction of sp³-hybridized carbons (Fsp3) is 0.632. The first-order chi connectivity index (χ1) is 12.1. The largest absolute Gasteiger partial charge is 0.443 e. The summed E-state index contributed by atoms with van der Waals surface area (Å²) in [6.07, 6.45) is -0.358. The van der Waals surface area contributed by atoms with E-state index in [1.54, 1.807) is 32.9 Å². The predicted molar refractivity (Wildman–Crippen MR) is 93.1 cm³/mol. The molecule has 144 valence electrons. The molecule has 7 heteroatoms. The van der Waals surface area contributed by atoms with Crippen LogP contribution >= 0.6 is 0 Å². The number of alkyl halides is 2. The maximum atomic E-state index is 14.2. The Bertz CT molecular complexity index is 680. The normalized spacial score (nSPS) is 22.1. The molecule has 1 saturated carbocycles. The minimum Gasteiger partial charge on any atom is -0.443 e. The van der Waals surface area contributed by atoms with Crippen LogP contribution in [0.5, 0.6) is 0 Å². The van der Waals surface area contributed by atoms with Crippen molar-refractivity contribution in [1.29, 1.82) is 0 Å². The highest BCUT2D eigenvalue weighted by Gasteiger charge is 2.45. The van der Waals surface area contributed by atoms with Crippen molar-refractivity contribution < 1.29 is 22.7 Å². The predicted octanol–water partition coefficient (Wildman–Crippen LogP) is 4.13. The van der Waals surface area contributed by atoms with Crippen LogP contribution in [0.3, 0.4) is 0 Å². The Hall–Kier alpha value is -1.76. The molecule has 2 aliphatic rings. The van der Waals surface area contributed by atoms with Gasteiger partial charge in [-0.1, -0.05) is 6.07 Å². The Kier molecular flexibility index (Phi) is 4.94. The lowest BCUT2D eigenvalue weighted by Gasteiger charge is -2.35. The van der Waals surface area contributed by atoms with Crippen LogP contribution in [0, 0.1) is 11.7 Å². The quantitative estimate of drug-likeness (QED) is 0.867. The maximum absolute atomic E-state index is 14.2. The summed E-state index contributed by atoms with van der Waals surface area (Å²) in [5.41, 5.74) is 0.337. The number of amides is 1. The van der Waals surface area contributed by atoms with Gasteiger partial charge in [0.15, 0.2) is 0 Å². The lowest BCUT2D eigenvalue weighted by Crippen LogP contribution is -2.48. The van der Waals surface area contributed by atoms with Crippen molar-refractivity contribution in [1.82, 2.24) is 5.32 Å². The summed E-state index contributed by atoms with van der Waals surface area (Å²) in [5.74, 6) is -2.94. The van der Waals surface area contributed by atoms with Crippen LogP contribution in [-0.2, 0) is 11.2 Å². The molecule has 3 rings (SSSR count). The van der Waals surface area contributed by atoms with E-state index >= 15 is 0 Å². The Morgan fingerprint density at radius 3 is 2.62 bits per heavy atom. The SMILES string of the molecule is CC(C)(C)OC(=O)N1c2cccc(F)c2CC1CNCC1CC(F)(F)C1. The van der Waals surface area contributed by atoms with E-state index in [9.17, 15) is 18.0 Å². The van der Waals surface area contributed by atoms with Crippen LogP contribution in [0.15, 0.2) is 18.2 Å². The van der Waals surface area contributed by atoms with Gasteiger partial charge in [0.25, 0.3) is 0 Å². The average Bonchev–Trinajstić information content (AvgIpc) is 2.83. The highest BCUT2D eigenvalue weighted by Crippen LogP contribution is 2.42. The van der Waals surface area contributed by atoms with Gasteiger partial charge < -0.3 is 10.1 Å². The first-order valence-electron chi connectivity index (χ1n) is 8.94. The van der Waals surface area contributed by atoms with Crippen molar-refractivity contribution in [3.05, 3.63) is 29.6 Å². The van der Waals surface area contributed by atoms with E-state index in [0.29, 0.717) is 30.8 Å². The number of hydrogen-bond donors (Lipinski definition) is 1. The third-order valence-electron chi connectivity index (χ3n) is 4.74. The third kappa shape index (κ3) is 4.14. The first-order valence-corrected chi connectivity index (χ1v) is 8.94. The molecule has 0 spiro atoms. The average molecular weight is 370 g/mol. The number of hydrogen-bond acceptors (Lipinski definition) is 3. The van der Waals surface area contributed by atoms with Gasteiger partial charge in [0.05, 0.1) is 11.7 Å². The Morgan fingerprint density at radius 1 is 1.31 bits per heavy atom. The van der Waals surface area contributed by atoms with E-state index in [0.717, 1.165) is 0 Å². The highest BCUT2D eigenvalue weighted by molar-refractivity contribution is 5.91. The number of halogens is 3. The number of carbonyl (C=O) groups is 1. The molecule has 1 N–H and O–H groups in total. The first kappa shape index (κ1) is 19.0. The smallest absolute Gasteiger partial charge is 0.415 e. The second-order valence-electron chi connectivity index (χ2n) is 8.23. The number of ether oxygens (including phenoxy) is 1. The van der Waals surface area contributed by atoms with Gasteiger partial charge in [0.1, 0.15) is 11.4 Å². The van der Waals surface area contributed by atoms with Crippen LogP contribution in [0.1, 0.15) is 39.2 Å². The van der Waals surface area contributed by atoms with Crippen LogP contribution in [0.2, 0.25) is 0 Å². The molecular formula is C19H25F3N2O2. The summed E-state index contributed by atoms with van der Waals surface area (Å²) in [4.78, 5) is 14.1. The molecule has 0 saturated heterocycles. The maximum Gasteiger partial charge on any atom is 0.415 e. The lowest BCUT2D eigenvalue weighted by molar-refractivity contribution is -0.109. The molecule has 1 atom stereocenters. The van der Waals surface area contributed by atoms with Gasteiger partial charge >= 0.3 is 6.09 Å². The van der Waals surface area contributed by atoms with Gasteiger partial charge in [-0.15, -0.1) is 0 Å². The van der Waals surface area contributed by atoms with E-state index in [4.69, 9.17) is 4.74 Å². The van der Waals surface area contributed by atoms with Gasteiger partial charge in [-0.25, -0.2) is 18.0 Å². The Labute approximate surface area is 151 Å². The summed E-state index contributed by atoms with van der Waals surface area (Å²) in [6.45, 7) is 6.19. The van der Waals surface area contributed by atoms with E-state index in [1.807, 2.05) is 0 Å². The molecular weight excluding hydrogens is 345 g/mol. The van der Waals surface area contributed by atoms with E-state index in [2.05, 4.69) is 5.32 Å². The van der Waals surface area contributed by atoms with Gasteiger partial charge in [0.2, 0.25) is 5.92 Å². The molecule has 1 fully saturated rings. The van der Waals surface area contributed by atoms with Crippen molar-refractivity contribution in [2.24, 2.45) is 5.92 Å². The summed E-state index contributed by atoms with van der Waals surface area (Å²) in [5, 5.41) is 3.16. The summed E-state index contributed by atoms with van der Waals surface area (Å²) in [7, 11) is 0. The number of fused-ring (bicyclic) bond motifs is 1. The Morgan fingerprint density at radius 2 is 2.00 bits per heavy atom. The molecule has 4 nitrogen and oxygen atoms in total. The zero-order valence-electron chi connectivity index (χ0n) is 15.3. The molecule has 1 aromatic carbocycles. The van der Waals surface area contributed by atoms with E-state index < -0.39 is 17.6 Å². The van der Waals surface area contributed by atoms with Crippen molar-refractivity contribution in [3.63, 3.8) is 0 Å². The fourth-order valence-electron chi connectivity index (χ4n) is 3.60. The number of anilines is 1. The van der Waals surface area contributed by atoms with E-state index in [1.165, 1.54) is 11.0 Å². The van der Waals surface area contributed by atoms with Gasteiger partial charge in [-0.2, -0.15) is 0 Å². The minimum absolute atomic E-state index is 0.0551. The molecule has 26 heavy (non-hydrogen) atoms. The lowest BCUT2D eigenvalue weighted by atomic mass is 9.81. The molecule has 1 aromatic rings. The van der Waals surface area contributed by atoms with Crippen molar-refractivity contribution >= 4 is 11.8 Å². The van der Waals surface area contributed by atoms with Gasteiger partial charge in [0, 0.05) is 24.9 Å². The highest BCUT2D eigenvalue weighted by atomic mass is 19.3. The zero-order chi connectivity index (χ0) is 19.1. The third-order valence-corrected chi connectivity index (χ3v) is 4.74. The standard InChI is InChI=1S/C19H25F3N2O2/c1-18(2,3)26-17(25)24-13(7-14-15(20)5-4-6-16(14)24)11-23-10-12-8-19(21,22)9-12/h4-6,12-13,23H,7-11H2,1-3H3. The molecule has 1 aliphatic heterocycles. The van der Waals surface area contributed by atoms with Crippen molar-refractivity contribution in [2.45, 2.75) is 57.6 Å². The number of rotatable bonds is 4. The molecule has 1 amide bonds. The number of nitrogens with one attached hydrogen (secondary N) is 1. The molecule has 1 aliphatic carbocycles. The Balaban J connectivity index is 1.67. The molecule has 0 aromatic heterocycles. The summed E-state index contributed by atoms with van der Waals surface area (Å²) < 4.78 is 45.5. The van der Waals surface area contributed by atoms with Crippen molar-refractivity contribution in [3.8, 4) is 0 Å². The topological polar surface area (TPSA) is 41.6 Å². The summed E-state index contributed by atoms with van der Waals surface area (Å²) >= 11 is 0. The number of carbonyl (C=O) groups excluding carboxylic acids is 1. The van der Waals surface area contributed by atoms with Gasteiger partial charge in [-0.3, -0.25) is 4.90 Å². The number of nitrogens with zero attached hydrogens (tertiary/aromatic N) is 1. The molecule has 1 heterocycles.